The van der Waals surface area contributed by atoms with Crippen LogP contribution in [-0.2, 0) is 10.0 Å². The number of nitrogens with one attached hydrogen (secondary N) is 3. The van der Waals surface area contributed by atoms with Gasteiger partial charge in [-0.3, -0.25) is 0 Å². The van der Waals surface area contributed by atoms with Gasteiger partial charge in [-0.25, -0.2) is 27.6 Å². The molecule has 0 aliphatic carbocycles. The van der Waals surface area contributed by atoms with Gasteiger partial charge in [-0.1, -0.05) is 12.1 Å². The summed E-state index contributed by atoms with van der Waals surface area (Å²) in [5.74, 6) is 0.414. The summed E-state index contributed by atoms with van der Waals surface area (Å²) >= 11 is 0. The normalized spacial score (nSPS) is 12.5. The number of sulfonamides is 1. The van der Waals surface area contributed by atoms with Crippen LogP contribution in [0.3, 0.4) is 0 Å². The largest absolute Gasteiger partial charge is 0.345 e. The molecule has 0 spiro atoms. The molecule has 0 bridgehead atoms. The summed E-state index contributed by atoms with van der Waals surface area (Å²) in [5, 5.41) is 7.84. The average Bonchev–Trinajstić information content (AvgIpc) is 3.38. The van der Waals surface area contributed by atoms with Crippen LogP contribution in [0.2, 0.25) is 0 Å². The Morgan fingerprint density at radius 1 is 1.00 bits per heavy atom. The molecule has 0 unspecified atom stereocenters. The van der Waals surface area contributed by atoms with Gasteiger partial charge in [0, 0.05) is 16.8 Å². The molecule has 3 aromatic heterocycles. The average molecular weight is 462 g/mol. The Kier molecular flexibility index (Phi) is 4.91. The standard InChI is InChI=1S/C23H23N7O2S/c1-23(2,3)29-33(31,32)18-6-4-5-15(11-18)21-10-8-17-13-24-22(28-30(17)21)27-16-7-9-19-20(12-16)26-14-25-19/h4-14,29H,1-3H3,(H,25,26)(H,27,28). The van der Waals surface area contributed by atoms with E-state index in [1.807, 2.05) is 57.2 Å². The van der Waals surface area contributed by atoms with Gasteiger partial charge in [0.25, 0.3) is 0 Å². The lowest BCUT2D eigenvalue weighted by molar-refractivity contribution is 0.491. The van der Waals surface area contributed by atoms with Gasteiger partial charge >= 0.3 is 0 Å². The number of anilines is 2. The minimum atomic E-state index is -3.66. The number of aromatic nitrogens is 5. The van der Waals surface area contributed by atoms with E-state index >= 15 is 0 Å². The van der Waals surface area contributed by atoms with Crippen LogP contribution in [-0.4, -0.2) is 38.5 Å². The maximum absolute atomic E-state index is 12.8. The smallest absolute Gasteiger partial charge is 0.245 e. The van der Waals surface area contributed by atoms with Crippen LogP contribution in [0.5, 0.6) is 0 Å². The van der Waals surface area contributed by atoms with Gasteiger partial charge in [0.05, 0.1) is 39.7 Å². The van der Waals surface area contributed by atoms with Crippen molar-refractivity contribution in [3.8, 4) is 11.3 Å². The zero-order chi connectivity index (χ0) is 23.2. The monoisotopic (exact) mass is 461 g/mol. The minimum absolute atomic E-state index is 0.199. The number of imidazole rings is 1. The molecule has 0 fully saturated rings. The molecule has 0 saturated carbocycles. The van der Waals surface area contributed by atoms with Crippen molar-refractivity contribution in [2.45, 2.75) is 31.2 Å². The second kappa shape index (κ2) is 7.68. The van der Waals surface area contributed by atoms with Gasteiger partial charge in [0.2, 0.25) is 16.0 Å². The Labute approximate surface area is 191 Å². The highest BCUT2D eigenvalue weighted by Gasteiger charge is 2.22. The van der Waals surface area contributed by atoms with Gasteiger partial charge < -0.3 is 10.3 Å². The fourth-order valence-corrected chi connectivity index (χ4v) is 5.07. The van der Waals surface area contributed by atoms with Crippen molar-refractivity contribution in [3.63, 3.8) is 0 Å². The predicted molar refractivity (Wildman–Crippen MR) is 128 cm³/mol. The molecular weight excluding hydrogens is 438 g/mol. The number of H-pyrrole nitrogens is 1. The van der Waals surface area contributed by atoms with Crippen molar-refractivity contribution >= 4 is 38.2 Å². The second-order valence-corrected chi connectivity index (χ2v) is 10.5. The Morgan fingerprint density at radius 3 is 2.67 bits per heavy atom. The summed E-state index contributed by atoms with van der Waals surface area (Å²) < 4.78 is 30.0. The summed E-state index contributed by atoms with van der Waals surface area (Å²) in [5.41, 5.74) is 4.30. The zero-order valence-corrected chi connectivity index (χ0v) is 19.2. The Morgan fingerprint density at radius 2 is 1.85 bits per heavy atom. The van der Waals surface area contributed by atoms with E-state index < -0.39 is 15.6 Å². The van der Waals surface area contributed by atoms with Crippen molar-refractivity contribution in [1.82, 2.24) is 29.3 Å². The summed E-state index contributed by atoms with van der Waals surface area (Å²) in [6.45, 7) is 5.43. The van der Waals surface area contributed by atoms with Crippen LogP contribution in [0.15, 0.2) is 72.0 Å². The van der Waals surface area contributed by atoms with Gasteiger partial charge in [0.15, 0.2) is 0 Å². The van der Waals surface area contributed by atoms with E-state index in [0.29, 0.717) is 5.95 Å². The first-order chi connectivity index (χ1) is 15.7. The third-order valence-electron chi connectivity index (χ3n) is 4.96. The molecular formula is C23H23N7O2S. The topological polar surface area (TPSA) is 117 Å². The Balaban J connectivity index is 1.50. The number of aromatic amines is 1. The number of hydrogen-bond acceptors (Lipinski definition) is 6. The van der Waals surface area contributed by atoms with Crippen molar-refractivity contribution in [2.75, 3.05) is 5.32 Å². The molecule has 168 valence electrons. The van der Waals surface area contributed by atoms with E-state index in [2.05, 4.69) is 30.1 Å². The molecule has 2 aromatic carbocycles. The number of fused-ring (bicyclic) bond motifs is 2. The first-order valence-corrected chi connectivity index (χ1v) is 11.9. The molecule has 0 amide bonds. The SMILES string of the molecule is CC(C)(C)NS(=O)(=O)c1cccc(-c2ccc3cnc(Nc4ccc5nc[nH]c5c4)nn23)c1. The van der Waals surface area contributed by atoms with E-state index in [0.717, 1.165) is 33.5 Å². The lowest BCUT2D eigenvalue weighted by atomic mass is 10.1. The summed E-state index contributed by atoms with van der Waals surface area (Å²) in [6, 6.07) is 16.4. The second-order valence-electron chi connectivity index (χ2n) is 8.78. The van der Waals surface area contributed by atoms with Gasteiger partial charge in [0.1, 0.15) is 0 Å². The van der Waals surface area contributed by atoms with Gasteiger partial charge in [-0.15, -0.1) is 5.10 Å². The number of benzene rings is 2. The summed E-state index contributed by atoms with van der Waals surface area (Å²) in [6.07, 6.45) is 3.36. The third kappa shape index (κ3) is 4.30. The first kappa shape index (κ1) is 21.1. The molecule has 33 heavy (non-hydrogen) atoms. The highest BCUT2D eigenvalue weighted by molar-refractivity contribution is 7.89. The quantitative estimate of drug-likeness (QED) is 0.363. The van der Waals surface area contributed by atoms with Crippen LogP contribution >= 0.6 is 0 Å². The van der Waals surface area contributed by atoms with Crippen LogP contribution < -0.4 is 10.0 Å². The number of rotatable bonds is 5. The van der Waals surface area contributed by atoms with Crippen LogP contribution in [0.25, 0.3) is 27.8 Å². The lowest BCUT2D eigenvalue weighted by Gasteiger charge is -2.20. The van der Waals surface area contributed by atoms with Gasteiger partial charge in [-0.05, 0) is 63.2 Å². The van der Waals surface area contributed by atoms with Crippen LogP contribution in [0.4, 0.5) is 11.6 Å². The molecule has 5 aromatic rings. The molecule has 0 radical (unpaired) electrons. The molecule has 3 N–H and O–H groups in total. The van der Waals surface area contributed by atoms with Crippen molar-refractivity contribution in [2.24, 2.45) is 0 Å². The van der Waals surface area contributed by atoms with Crippen molar-refractivity contribution in [1.29, 1.82) is 0 Å². The van der Waals surface area contributed by atoms with E-state index in [1.165, 1.54) is 0 Å². The molecule has 10 heteroatoms. The molecule has 3 heterocycles. The molecule has 0 aliphatic heterocycles. The van der Waals surface area contributed by atoms with Crippen LogP contribution in [0, 0.1) is 0 Å². The van der Waals surface area contributed by atoms with Gasteiger partial charge in [-0.2, -0.15) is 0 Å². The molecule has 0 aliphatic rings. The molecule has 0 saturated heterocycles. The molecule has 5 rings (SSSR count). The fraction of sp³-hybridized carbons (Fsp3) is 0.174. The third-order valence-corrected chi connectivity index (χ3v) is 6.71. The van der Waals surface area contributed by atoms with E-state index in [-0.39, 0.29) is 4.90 Å². The fourth-order valence-electron chi connectivity index (χ4n) is 3.60. The van der Waals surface area contributed by atoms with E-state index in [9.17, 15) is 8.42 Å². The van der Waals surface area contributed by atoms with E-state index in [1.54, 1.807) is 35.2 Å². The summed E-state index contributed by atoms with van der Waals surface area (Å²) in [7, 11) is -3.66. The minimum Gasteiger partial charge on any atom is -0.345 e. The predicted octanol–water partition coefficient (Wildman–Crippen LogP) is 4.09. The molecule has 0 atom stereocenters. The lowest BCUT2D eigenvalue weighted by Crippen LogP contribution is -2.40. The van der Waals surface area contributed by atoms with Crippen molar-refractivity contribution in [3.05, 3.63) is 67.1 Å². The summed E-state index contributed by atoms with van der Waals surface area (Å²) in [4.78, 5) is 11.9. The highest BCUT2D eigenvalue weighted by atomic mass is 32.2. The maximum atomic E-state index is 12.8. The Hall–Kier alpha value is -3.76. The first-order valence-electron chi connectivity index (χ1n) is 10.4. The maximum Gasteiger partial charge on any atom is 0.245 e. The number of hydrogen-bond donors (Lipinski definition) is 3. The number of nitrogens with zero attached hydrogens (tertiary/aromatic N) is 4. The van der Waals surface area contributed by atoms with E-state index in [4.69, 9.17) is 0 Å². The van der Waals surface area contributed by atoms with Crippen LogP contribution in [0.1, 0.15) is 20.8 Å². The Bertz CT molecular complexity index is 1580. The zero-order valence-electron chi connectivity index (χ0n) is 18.4. The highest BCUT2D eigenvalue weighted by Crippen LogP contribution is 2.26. The van der Waals surface area contributed by atoms with Crippen molar-refractivity contribution < 1.29 is 8.42 Å². The molecule has 9 nitrogen and oxygen atoms in total.